The Morgan fingerprint density at radius 2 is 1.89 bits per heavy atom. The number of hydrogen-bond donors (Lipinski definition) is 1. The molecule has 36 heavy (non-hydrogen) atoms. The van der Waals surface area contributed by atoms with Gasteiger partial charge in [-0.15, -0.1) is 0 Å². The van der Waals surface area contributed by atoms with E-state index in [2.05, 4.69) is 55.3 Å². The molecule has 2 atom stereocenters. The molecule has 1 unspecified atom stereocenters. The zero-order valence-corrected chi connectivity index (χ0v) is 22.1. The molecule has 6 nitrogen and oxygen atoms in total. The minimum atomic E-state index is -0.304. The molecular formula is C30H40N2O4. The van der Waals surface area contributed by atoms with E-state index >= 15 is 0 Å². The Labute approximate surface area is 215 Å². The number of nitrogens with one attached hydrogen (secondary N) is 1. The quantitative estimate of drug-likeness (QED) is 0.459. The van der Waals surface area contributed by atoms with Crippen molar-refractivity contribution in [3.05, 3.63) is 47.5 Å². The van der Waals surface area contributed by atoms with E-state index in [-0.39, 0.29) is 23.7 Å². The first-order chi connectivity index (χ1) is 17.4. The predicted octanol–water partition coefficient (Wildman–Crippen LogP) is 5.98. The van der Waals surface area contributed by atoms with Crippen LogP contribution in [0.5, 0.6) is 11.5 Å². The number of carbonyl (C=O) groups is 1. The Morgan fingerprint density at radius 3 is 2.53 bits per heavy atom. The molecule has 0 aromatic heterocycles. The second-order valence-corrected chi connectivity index (χ2v) is 11.3. The number of carbonyl (C=O) groups excluding carboxylic acids is 1. The number of rotatable bonds is 8. The van der Waals surface area contributed by atoms with E-state index in [1.54, 1.807) is 7.11 Å². The van der Waals surface area contributed by atoms with Gasteiger partial charge in [0.1, 0.15) is 17.6 Å². The van der Waals surface area contributed by atoms with E-state index < -0.39 is 0 Å². The molecule has 1 amide bonds. The average molecular weight is 493 g/mol. The first-order valence-corrected chi connectivity index (χ1v) is 13.5. The highest BCUT2D eigenvalue weighted by Gasteiger charge is 2.42. The summed E-state index contributed by atoms with van der Waals surface area (Å²) in [5.41, 5.74) is 4.38. The largest absolute Gasteiger partial charge is 0.496 e. The summed E-state index contributed by atoms with van der Waals surface area (Å²) in [7, 11) is 1.71. The molecule has 2 bridgehead atoms. The molecule has 0 spiro atoms. The van der Waals surface area contributed by atoms with Crippen molar-refractivity contribution < 1.29 is 19.0 Å². The summed E-state index contributed by atoms with van der Waals surface area (Å²) in [5, 5.41) is 3.22. The fourth-order valence-corrected chi connectivity index (χ4v) is 6.14. The second kappa shape index (κ2) is 10.3. The number of alkyl carbamates (subject to hydrolysis) is 1. The molecule has 4 aliphatic rings. The van der Waals surface area contributed by atoms with Crippen molar-refractivity contribution in [1.82, 2.24) is 10.2 Å². The lowest BCUT2D eigenvalue weighted by molar-refractivity contribution is -0.0349. The molecule has 1 N–H and O–H groups in total. The number of ether oxygens (including phenoxy) is 3. The third-order valence-corrected chi connectivity index (χ3v) is 8.25. The molecule has 3 aliphatic heterocycles. The Balaban J connectivity index is 1.33. The smallest absolute Gasteiger partial charge is 0.407 e. The number of hydrogen-bond acceptors (Lipinski definition) is 5. The van der Waals surface area contributed by atoms with E-state index in [9.17, 15) is 4.79 Å². The highest BCUT2D eigenvalue weighted by molar-refractivity contribution is 5.74. The lowest BCUT2D eigenvalue weighted by atomic mass is 9.85. The molecule has 3 heterocycles. The maximum Gasteiger partial charge on any atom is 0.407 e. The lowest BCUT2D eigenvalue weighted by Crippen LogP contribution is -2.53. The van der Waals surface area contributed by atoms with E-state index in [1.807, 2.05) is 12.1 Å². The summed E-state index contributed by atoms with van der Waals surface area (Å²) >= 11 is 0. The number of piperidine rings is 3. The van der Waals surface area contributed by atoms with Crippen LogP contribution in [-0.4, -0.2) is 50.4 Å². The van der Waals surface area contributed by atoms with Crippen LogP contribution in [0.1, 0.15) is 63.6 Å². The van der Waals surface area contributed by atoms with Crippen molar-refractivity contribution in [1.29, 1.82) is 0 Å². The normalized spacial score (nSPS) is 25.8. The van der Waals surface area contributed by atoms with Crippen molar-refractivity contribution in [2.24, 2.45) is 11.3 Å². The molecular weight excluding hydrogens is 452 g/mol. The van der Waals surface area contributed by atoms with Crippen LogP contribution in [-0.2, 0) is 11.2 Å². The monoisotopic (exact) mass is 492 g/mol. The summed E-state index contributed by atoms with van der Waals surface area (Å²) in [5.74, 6) is 2.19. The number of unbranched alkanes of at least 4 members (excludes halogenated alkanes) is 1. The van der Waals surface area contributed by atoms with Crippen LogP contribution in [0.3, 0.4) is 0 Å². The van der Waals surface area contributed by atoms with Gasteiger partial charge < -0.3 is 19.5 Å². The van der Waals surface area contributed by atoms with Crippen molar-refractivity contribution in [3.63, 3.8) is 0 Å². The minimum Gasteiger partial charge on any atom is -0.496 e. The average Bonchev–Trinajstić information content (AvgIpc) is 3.12. The molecule has 3 saturated heterocycles. The number of methoxy groups -OCH3 is 1. The first kappa shape index (κ1) is 24.9. The summed E-state index contributed by atoms with van der Waals surface area (Å²) in [6.45, 7) is 10.4. The Hall–Kier alpha value is -2.73. The maximum absolute atomic E-state index is 13.0. The van der Waals surface area contributed by atoms with Gasteiger partial charge in [-0.25, -0.2) is 4.79 Å². The van der Waals surface area contributed by atoms with Crippen LogP contribution in [0.25, 0.3) is 11.1 Å². The van der Waals surface area contributed by atoms with Gasteiger partial charge in [-0.2, -0.15) is 0 Å². The van der Waals surface area contributed by atoms with Crippen LogP contribution >= 0.6 is 0 Å². The molecule has 2 aromatic rings. The van der Waals surface area contributed by atoms with Gasteiger partial charge in [-0.05, 0) is 91.1 Å². The predicted molar refractivity (Wildman–Crippen MR) is 142 cm³/mol. The summed E-state index contributed by atoms with van der Waals surface area (Å²) in [6.07, 6.45) is 5.00. The lowest BCUT2D eigenvalue weighted by Gasteiger charge is -2.44. The fourth-order valence-electron chi connectivity index (χ4n) is 6.14. The van der Waals surface area contributed by atoms with Crippen molar-refractivity contribution in [2.45, 2.75) is 65.0 Å². The Kier molecular flexibility index (Phi) is 7.16. The number of amides is 1. The molecule has 6 heteroatoms. The van der Waals surface area contributed by atoms with Crippen LogP contribution < -0.4 is 14.8 Å². The van der Waals surface area contributed by atoms with Gasteiger partial charge in [0.2, 0.25) is 0 Å². The molecule has 3 fully saturated rings. The Morgan fingerprint density at radius 1 is 1.14 bits per heavy atom. The van der Waals surface area contributed by atoms with E-state index in [0.29, 0.717) is 5.92 Å². The van der Waals surface area contributed by atoms with Crippen molar-refractivity contribution in [3.8, 4) is 22.6 Å². The van der Waals surface area contributed by atoms with Crippen molar-refractivity contribution in [2.75, 3.05) is 33.4 Å². The van der Waals surface area contributed by atoms with Gasteiger partial charge in [0.15, 0.2) is 0 Å². The first-order valence-electron chi connectivity index (χ1n) is 13.5. The van der Waals surface area contributed by atoms with Gasteiger partial charge in [-0.1, -0.05) is 39.3 Å². The molecule has 0 radical (unpaired) electrons. The minimum absolute atomic E-state index is 0.00215. The van der Waals surface area contributed by atoms with E-state index in [1.165, 1.54) is 5.56 Å². The Bertz CT molecular complexity index is 1070. The number of benzene rings is 2. The zero-order valence-electron chi connectivity index (χ0n) is 22.1. The van der Waals surface area contributed by atoms with Crippen LogP contribution in [0.15, 0.2) is 36.4 Å². The standard InChI is InChI=1S/C30H40N2O4/c1-5-6-15-35-23-9-7-20(8-10-23)24-16-22-18-30(2,3)28(25(22)17-26(24)34-4)31-29(33)36-27-19-32-13-11-21(27)12-14-32/h7-10,16-17,21,27-28H,5-6,11-15,18-19H2,1-4H3,(H,31,33)/t27-,28?/m1/s1. The number of fused-ring (bicyclic) bond motifs is 4. The molecule has 1 aliphatic carbocycles. The summed E-state index contributed by atoms with van der Waals surface area (Å²) in [4.78, 5) is 15.4. The highest BCUT2D eigenvalue weighted by atomic mass is 16.6. The summed E-state index contributed by atoms with van der Waals surface area (Å²) in [6, 6.07) is 12.4. The number of nitrogens with zero attached hydrogens (tertiary/aromatic N) is 1. The third-order valence-electron chi connectivity index (χ3n) is 8.25. The fraction of sp³-hybridized carbons (Fsp3) is 0.567. The van der Waals surface area contributed by atoms with E-state index in [0.717, 1.165) is 86.5 Å². The molecule has 6 rings (SSSR count). The topological polar surface area (TPSA) is 60.0 Å². The summed E-state index contributed by atoms with van der Waals surface area (Å²) < 4.78 is 17.6. The van der Waals surface area contributed by atoms with Gasteiger partial charge in [0.05, 0.1) is 19.8 Å². The van der Waals surface area contributed by atoms with Crippen molar-refractivity contribution >= 4 is 6.09 Å². The van der Waals surface area contributed by atoms with E-state index in [4.69, 9.17) is 14.2 Å². The maximum atomic E-state index is 13.0. The van der Waals surface area contributed by atoms with Gasteiger partial charge in [0, 0.05) is 12.1 Å². The molecule has 2 aromatic carbocycles. The van der Waals surface area contributed by atoms with Gasteiger partial charge in [-0.3, -0.25) is 4.90 Å². The van der Waals surface area contributed by atoms with Crippen LogP contribution in [0.2, 0.25) is 0 Å². The SMILES string of the molecule is CCCCOc1ccc(-c2cc3c(cc2OC)C(NC(=O)O[C@@H]2CN4CCC2CC4)C(C)(C)C3)cc1. The zero-order chi connectivity index (χ0) is 25.3. The van der Waals surface area contributed by atoms with Crippen LogP contribution in [0.4, 0.5) is 4.79 Å². The second-order valence-electron chi connectivity index (χ2n) is 11.3. The van der Waals surface area contributed by atoms with Gasteiger partial charge in [0.25, 0.3) is 0 Å². The van der Waals surface area contributed by atoms with Crippen LogP contribution in [0, 0.1) is 11.3 Å². The highest BCUT2D eigenvalue weighted by Crippen LogP contribution is 2.48. The molecule has 194 valence electrons. The van der Waals surface area contributed by atoms with Gasteiger partial charge >= 0.3 is 6.09 Å². The third kappa shape index (κ3) is 5.06. The molecule has 0 saturated carbocycles.